The SMILES string of the molecule is C/C=C\c1ccc(C)cc1C.CC. The fourth-order valence-corrected chi connectivity index (χ4v) is 1.19. The van der Waals surface area contributed by atoms with Crippen LogP contribution in [0, 0.1) is 13.8 Å². The first-order valence-corrected chi connectivity index (χ1v) is 4.94. The maximum absolute atomic E-state index is 2.20. The molecule has 0 bridgehead atoms. The largest absolute Gasteiger partial charge is 0.0871 e. The van der Waals surface area contributed by atoms with Gasteiger partial charge in [-0.15, -0.1) is 0 Å². The van der Waals surface area contributed by atoms with Gasteiger partial charge in [0.2, 0.25) is 0 Å². The summed E-state index contributed by atoms with van der Waals surface area (Å²) in [5.74, 6) is 0. The van der Waals surface area contributed by atoms with Gasteiger partial charge in [0, 0.05) is 0 Å². The molecule has 0 aliphatic rings. The molecule has 1 aromatic carbocycles. The van der Waals surface area contributed by atoms with Crippen molar-refractivity contribution < 1.29 is 0 Å². The highest BCUT2D eigenvalue weighted by molar-refractivity contribution is 5.53. The van der Waals surface area contributed by atoms with Crippen LogP contribution in [0.3, 0.4) is 0 Å². The van der Waals surface area contributed by atoms with Crippen LogP contribution in [0.15, 0.2) is 24.3 Å². The van der Waals surface area contributed by atoms with Crippen LogP contribution in [0.1, 0.15) is 37.5 Å². The Hall–Kier alpha value is -1.04. The second-order valence-electron chi connectivity index (χ2n) is 2.86. The topological polar surface area (TPSA) is 0 Å². The number of benzene rings is 1. The lowest BCUT2D eigenvalue weighted by molar-refractivity contribution is 1.37. The molecule has 0 radical (unpaired) electrons. The molecule has 1 aromatic rings. The van der Waals surface area contributed by atoms with Crippen molar-refractivity contribution in [2.75, 3.05) is 0 Å². The van der Waals surface area contributed by atoms with Crippen molar-refractivity contribution in [3.63, 3.8) is 0 Å². The van der Waals surface area contributed by atoms with E-state index in [0.29, 0.717) is 0 Å². The van der Waals surface area contributed by atoms with Crippen molar-refractivity contribution in [3.8, 4) is 0 Å². The summed E-state index contributed by atoms with van der Waals surface area (Å²) in [4.78, 5) is 0. The zero-order valence-corrected chi connectivity index (χ0v) is 9.39. The van der Waals surface area contributed by atoms with Gasteiger partial charge in [0.05, 0.1) is 0 Å². The number of hydrogen-bond donors (Lipinski definition) is 0. The zero-order valence-electron chi connectivity index (χ0n) is 9.39. The molecule has 13 heavy (non-hydrogen) atoms. The second kappa shape index (κ2) is 6.47. The van der Waals surface area contributed by atoms with E-state index in [2.05, 4.69) is 44.2 Å². The Kier molecular flexibility index (Phi) is 5.96. The van der Waals surface area contributed by atoms with Crippen LogP contribution in [0.4, 0.5) is 0 Å². The summed E-state index contributed by atoms with van der Waals surface area (Å²) < 4.78 is 0. The third-order valence-electron chi connectivity index (χ3n) is 1.77. The van der Waals surface area contributed by atoms with Gasteiger partial charge in [-0.05, 0) is 31.9 Å². The minimum absolute atomic E-state index is 1.32. The molecule has 0 heterocycles. The quantitative estimate of drug-likeness (QED) is 0.596. The Morgan fingerprint density at radius 3 is 2.15 bits per heavy atom. The van der Waals surface area contributed by atoms with Gasteiger partial charge >= 0.3 is 0 Å². The van der Waals surface area contributed by atoms with Crippen LogP contribution in [0.2, 0.25) is 0 Å². The zero-order chi connectivity index (χ0) is 10.3. The van der Waals surface area contributed by atoms with Gasteiger partial charge < -0.3 is 0 Å². The van der Waals surface area contributed by atoms with Gasteiger partial charge in [-0.3, -0.25) is 0 Å². The molecule has 0 spiro atoms. The van der Waals surface area contributed by atoms with Crippen LogP contribution in [0.5, 0.6) is 0 Å². The first-order valence-electron chi connectivity index (χ1n) is 4.94. The lowest BCUT2D eigenvalue weighted by atomic mass is 10.1. The Morgan fingerprint density at radius 1 is 1.08 bits per heavy atom. The maximum atomic E-state index is 2.20. The standard InChI is InChI=1S/C11H14.C2H6/c1-4-5-11-7-6-9(2)8-10(11)3;1-2/h4-8H,1-3H3;1-2H3/b5-4-;. The molecule has 0 saturated heterocycles. The van der Waals surface area contributed by atoms with Gasteiger partial charge in [-0.25, -0.2) is 0 Å². The number of hydrogen-bond acceptors (Lipinski definition) is 0. The van der Waals surface area contributed by atoms with E-state index in [-0.39, 0.29) is 0 Å². The molecule has 0 unspecified atom stereocenters. The van der Waals surface area contributed by atoms with Crippen molar-refractivity contribution in [3.05, 3.63) is 41.0 Å². The van der Waals surface area contributed by atoms with E-state index < -0.39 is 0 Å². The Balaban J connectivity index is 0.000000671. The average Bonchev–Trinajstić information content (AvgIpc) is 2.14. The minimum atomic E-state index is 1.32. The summed E-state index contributed by atoms with van der Waals surface area (Å²) in [7, 11) is 0. The van der Waals surface area contributed by atoms with E-state index in [1.807, 2.05) is 20.8 Å². The van der Waals surface area contributed by atoms with E-state index >= 15 is 0 Å². The van der Waals surface area contributed by atoms with E-state index in [1.165, 1.54) is 16.7 Å². The summed E-state index contributed by atoms with van der Waals surface area (Å²) in [5, 5.41) is 0. The molecule has 0 atom stereocenters. The highest BCUT2D eigenvalue weighted by atomic mass is 14.0. The monoisotopic (exact) mass is 176 g/mol. The van der Waals surface area contributed by atoms with E-state index in [0.717, 1.165) is 0 Å². The Bertz CT molecular complexity index is 269. The van der Waals surface area contributed by atoms with Crippen molar-refractivity contribution in [2.45, 2.75) is 34.6 Å². The average molecular weight is 176 g/mol. The number of aryl methyl sites for hydroxylation is 2. The van der Waals surface area contributed by atoms with Crippen molar-refractivity contribution >= 4 is 6.08 Å². The van der Waals surface area contributed by atoms with Crippen molar-refractivity contribution in [1.29, 1.82) is 0 Å². The van der Waals surface area contributed by atoms with E-state index in [9.17, 15) is 0 Å². The number of rotatable bonds is 1. The first kappa shape index (κ1) is 12.0. The molecular weight excluding hydrogens is 156 g/mol. The summed E-state index contributed by atoms with van der Waals surface area (Å²) >= 11 is 0. The van der Waals surface area contributed by atoms with Crippen LogP contribution < -0.4 is 0 Å². The van der Waals surface area contributed by atoms with E-state index in [1.54, 1.807) is 0 Å². The van der Waals surface area contributed by atoms with Gasteiger partial charge in [0.1, 0.15) is 0 Å². The number of allylic oxidation sites excluding steroid dienone is 1. The molecule has 0 fully saturated rings. The predicted octanol–water partition coefficient (Wildman–Crippen LogP) is 4.36. The Morgan fingerprint density at radius 2 is 1.69 bits per heavy atom. The molecule has 0 heteroatoms. The van der Waals surface area contributed by atoms with Crippen LogP contribution in [0.25, 0.3) is 6.08 Å². The lowest BCUT2D eigenvalue weighted by Crippen LogP contribution is -1.80. The summed E-state index contributed by atoms with van der Waals surface area (Å²) in [6.07, 6.45) is 4.20. The molecule has 0 N–H and O–H groups in total. The van der Waals surface area contributed by atoms with E-state index in [4.69, 9.17) is 0 Å². The van der Waals surface area contributed by atoms with Gasteiger partial charge in [-0.1, -0.05) is 49.8 Å². The third-order valence-corrected chi connectivity index (χ3v) is 1.77. The highest BCUT2D eigenvalue weighted by Crippen LogP contribution is 2.11. The lowest BCUT2D eigenvalue weighted by Gasteiger charge is -2.00. The minimum Gasteiger partial charge on any atom is -0.0871 e. The van der Waals surface area contributed by atoms with Crippen molar-refractivity contribution in [1.82, 2.24) is 0 Å². The van der Waals surface area contributed by atoms with Gasteiger partial charge in [0.25, 0.3) is 0 Å². The Labute approximate surface area is 82.3 Å². The first-order chi connectivity index (χ1) is 6.24. The summed E-state index contributed by atoms with van der Waals surface area (Å²) in [6, 6.07) is 6.50. The maximum Gasteiger partial charge on any atom is -0.0230 e. The van der Waals surface area contributed by atoms with Gasteiger partial charge in [0.15, 0.2) is 0 Å². The summed E-state index contributed by atoms with van der Waals surface area (Å²) in [6.45, 7) is 10.3. The highest BCUT2D eigenvalue weighted by Gasteiger charge is 1.91. The molecular formula is C13H20. The van der Waals surface area contributed by atoms with Gasteiger partial charge in [-0.2, -0.15) is 0 Å². The van der Waals surface area contributed by atoms with Crippen molar-refractivity contribution in [2.24, 2.45) is 0 Å². The molecule has 0 aromatic heterocycles. The molecule has 1 rings (SSSR count). The molecule has 0 aliphatic heterocycles. The second-order valence-corrected chi connectivity index (χ2v) is 2.86. The fraction of sp³-hybridized carbons (Fsp3) is 0.385. The molecule has 0 aliphatic carbocycles. The summed E-state index contributed by atoms with van der Waals surface area (Å²) in [5.41, 5.74) is 4.00. The van der Waals surface area contributed by atoms with Crippen LogP contribution in [-0.4, -0.2) is 0 Å². The van der Waals surface area contributed by atoms with Crippen LogP contribution >= 0.6 is 0 Å². The molecule has 0 amide bonds. The predicted molar refractivity (Wildman–Crippen MR) is 62.0 cm³/mol. The normalized spacial score (nSPS) is 9.62. The molecule has 0 nitrogen and oxygen atoms in total. The molecule has 0 saturated carbocycles. The fourth-order valence-electron chi connectivity index (χ4n) is 1.19. The molecule has 72 valence electrons. The third kappa shape index (κ3) is 3.93. The van der Waals surface area contributed by atoms with Crippen LogP contribution in [-0.2, 0) is 0 Å². The smallest absolute Gasteiger partial charge is 0.0230 e.